The van der Waals surface area contributed by atoms with Gasteiger partial charge in [0.25, 0.3) is 0 Å². The van der Waals surface area contributed by atoms with Crippen LogP contribution in [0.15, 0.2) is 11.6 Å². The first-order valence-corrected chi connectivity index (χ1v) is 4.95. The van der Waals surface area contributed by atoms with Gasteiger partial charge in [0, 0.05) is 0 Å². The molecule has 0 saturated heterocycles. The smallest absolute Gasteiger partial charge is 0.0292 e. The molecule has 0 nitrogen and oxygen atoms in total. The minimum Gasteiger partial charge on any atom is -0.0850 e. The van der Waals surface area contributed by atoms with Crippen molar-refractivity contribution in [1.82, 2.24) is 0 Å². The van der Waals surface area contributed by atoms with E-state index in [1.807, 2.05) is 0 Å². The summed E-state index contributed by atoms with van der Waals surface area (Å²) in [5, 5.41) is 0. The molecular formula is C11H18. The minimum atomic E-state index is 0.949. The monoisotopic (exact) mass is 150 g/mol. The lowest BCUT2D eigenvalue weighted by atomic mass is 9.74. The van der Waals surface area contributed by atoms with Crippen molar-refractivity contribution in [2.45, 2.75) is 39.5 Å². The molecule has 11 heavy (non-hydrogen) atoms. The Kier molecular flexibility index (Phi) is 1.78. The van der Waals surface area contributed by atoms with E-state index in [2.05, 4.69) is 19.9 Å². The molecule has 0 radical (unpaired) electrons. The molecule has 0 N–H and O–H groups in total. The summed E-state index contributed by atoms with van der Waals surface area (Å²) < 4.78 is 0. The molecule has 0 aliphatic heterocycles. The van der Waals surface area contributed by atoms with Gasteiger partial charge < -0.3 is 0 Å². The zero-order valence-corrected chi connectivity index (χ0v) is 7.64. The van der Waals surface area contributed by atoms with E-state index < -0.39 is 0 Å². The van der Waals surface area contributed by atoms with Crippen molar-refractivity contribution >= 4 is 0 Å². The van der Waals surface area contributed by atoms with Crippen molar-refractivity contribution in [3.8, 4) is 0 Å². The second-order valence-electron chi connectivity index (χ2n) is 4.46. The molecule has 1 fully saturated rings. The molecule has 3 rings (SSSR count). The standard InChI is InChI=1S/C11H18/c1-8-3-4-10-5-6-11(8)9(2)7-10/h4,8-9,11H,3,5-7H2,1-2H3. The fourth-order valence-corrected chi connectivity index (χ4v) is 2.86. The van der Waals surface area contributed by atoms with Crippen molar-refractivity contribution in [2.75, 3.05) is 0 Å². The summed E-state index contributed by atoms with van der Waals surface area (Å²) in [7, 11) is 0. The van der Waals surface area contributed by atoms with Crippen molar-refractivity contribution < 1.29 is 0 Å². The number of hydrogen-bond donors (Lipinski definition) is 0. The maximum atomic E-state index is 2.51. The second-order valence-corrected chi connectivity index (χ2v) is 4.46. The molecule has 3 unspecified atom stereocenters. The van der Waals surface area contributed by atoms with Crippen LogP contribution in [-0.2, 0) is 0 Å². The molecule has 0 amide bonds. The van der Waals surface area contributed by atoms with E-state index in [0.717, 1.165) is 17.8 Å². The Morgan fingerprint density at radius 2 is 2.09 bits per heavy atom. The van der Waals surface area contributed by atoms with Gasteiger partial charge in [0.05, 0.1) is 0 Å². The van der Waals surface area contributed by atoms with Crippen LogP contribution in [0.2, 0.25) is 0 Å². The van der Waals surface area contributed by atoms with Crippen molar-refractivity contribution in [2.24, 2.45) is 17.8 Å². The van der Waals surface area contributed by atoms with Crippen LogP contribution in [0.4, 0.5) is 0 Å². The molecule has 2 bridgehead atoms. The van der Waals surface area contributed by atoms with Gasteiger partial charge >= 0.3 is 0 Å². The second kappa shape index (κ2) is 2.66. The molecule has 1 saturated carbocycles. The summed E-state index contributed by atoms with van der Waals surface area (Å²) in [6, 6.07) is 0. The fourth-order valence-electron chi connectivity index (χ4n) is 2.86. The number of hydrogen-bond acceptors (Lipinski definition) is 0. The van der Waals surface area contributed by atoms with E-state index in [9.17, 15) is 0 Å². The molecule has 3 aliphatic carbocycles. The minimum absolute atomic E-state index is 0.949. The average molecular weight is 150 g/mol. The number of rotatable bonds is 0. The van der Waals surface area contributed by atoms with Crippen LogP contribution in [0.5, 0.6) is 0 Å². The summed E-state index contributed by atoms with van der Waals surface area (Å²) in [4.78, 5) is 0. The molecule has 62 valence electrons. The highest BCUT2D eigenvalue weighted by Gasteiger charge is 2.30. The third-order valence-electron chi connectivity index (χ3n) is 3.62. The van der Waals surface area contributed by atoms with Gasteiger partial charge in [0.2, 0.25) is 0 Å². The SMILES string of the molecule is CC1CC=C2CCC1C(C)C2. The first-order valence-electron chi connectivity index (χ1n) is 4.95. The fraction of sp³-hybridized carbons (Fsp3) is 0.818. The van der Waals surface area contributed by atoms with E-state index >= 15 is 0 Å². The average Bonchev–Trinajstić information content (AvgIpc) is 2.21. The normalized spacial score (nSPS) is 43.5. The van der Waals surface area contributed by atoms with Crippen LogP contribution >= 0.6 is 0 Å². The molecule has 3 atom stereocenters. The van der Waals surface area contributed by atoms with E-state index in [0.29, 0.717) is 0 Å². The molecule has 0 spiro atoms. The summed E-state index contributed by atoms with van der Waals surface area (Å²) in [6.45, 7) is 4.85. The van der Waals surface area contributed by atoms with Crippen LogP contribution < -0.4 is 0 Å². The predicted octanol–water partition coefficient (Wildman–Crippen LogP) is 3.39. The van der Waals surface area contributed by atoms with Crippen LogP contribution in [0.3, 0.4) is 0 Å². The molecular weight excluding hydrogens is 132 g/mol. The van der Waals surface area contributed by atoms with Gasteiger partial charge in [-0.2, -0.15) is 0 Å². The van der Waals surface area contributed by atoms with E-state index in [1.165, 1.54) is 25.7 Å². The first-order chi connectivity index (χ1) is 5.27. The van der Waals surface area contributed by atoms with Crippen LogP contribution in [0, 0.1) is 17.8 Å². The number of allylic oxidation sites excluding steroid dienone is 2. The summed E-state index contributed by atoms with van der Waals surface area (Å²) in [5.41, 5.74) is 1.75. The maximum absolute atomic E-state index is 2.51. The highest BCUT2D eigenvalue weighted by atomic mass is 14.4. The van der Waals surface area contributed by atoms with Crippen LogP contribution in [0.25, 0.3) is 0 Å². The van der Waals surface area contributed by atoms with Gasteiger partial charge in [-0.3, -0.25) is 0 Å². The summed E-state index contributed by atoms with van der Waals surface area (Å²) in [5.74, 6) is 2.94. The van der Waals surface area contributed by atoms with Crippen LogP contribution in [-0.4, -0.2) is 0 Å². The Labute approximate surface area is 69.7 Å². The van der Waals surface area contributed by atoms with Gasteiger partial charge in [0.15, 0.2) is 0 Å². The van der Waals surface area contributed by atoms with Crippen molar-refractivity contribution in [3.05, 3.63) is 11.6 Å². The largest absolute Gasteiger partial charge is 0.0850 e. The van der Waals surface area contributed by atoms with Gasteiger partial charge in [-0.1, -0.05) is 25.5 Å². The molecule has 0 heterocycles. The topological polar surface area (TPSA) is 0 Å². The van der Waals surface area contributed by atoms with Gasteiger partial charge in [0.1, 0.15) is 0 Å². The van der Waals surface area contributed by atoms with E-state index in [4.69, 9.17) is 0 Å². The van der Waals surface area contributed by atoms with Crippen LogP contribution in [0.1, 0.15) is 39.5 Å². The third-order valence-corrected chi connectivity index (χ3v) is 3.62. The third kappa shape index (κ3) is 1.23. The Morgan fingerprint density at radius 3 is 2.82 bits per heavy atom. The van der Waals surface area contributed by atoms with Crippen molar-refractivity contribution in [1.29, 1.82) is 0 Å². The number of fused-ring (bicyclic) bond motifs is 4. The molecule has 0 aromatic heterocycles. The summed E-state index contributed by atoms with van der Waals surface area (Å²) >= 11 is 0. The zero-order valence-electron chi connectivity index (χ0n) is 7.64. The Bertz CT molecular complexity index is 174. The quantitative estimate of drug-likeness (QED) is 0.464. The lowest BCUT2D eigenvalue weighted by Crippen LogP contribution is -2.21. The van der Waals surface area contributed by atoms with Crippen molar-refractivity contribution in [3.63, 3.8) is 0 Å². The Balaban J connectivity index is 2.22. The molecule has 3 aliphatic rings. The van der Waals surface area contributed by atoms with Gasteiger partial charge in [-0.25, -0.2) is 0 Å². The van der Waals surface area contributed by atoms with Gasteiger partial charge in [-0.05, 0) is 43.4 Å². The highest BCUT2D eigenvalue weighted by Crippen LogP contribution is 2.42. The van der Waals surface area contributed by atoms with E-state index in [-0.39, 0.29) is 0 Å². The zero-order chi connectivity index (χ0) is 7.84. The Hall–Kier alpha value is -0.260. The maximum Gasteiger partial charge on any atom is -0.0292 e. The van der Waals surface area contributed by atoms with Gasteiger partial charge in [-0.15, -0.1) is 0 Å². The lowest BCUT2D eigenvalue weighted by molar-refractivity contribution is 0.227. The predicted molar refractivity (Wildman–Crippen MR) is 48.4 cm³/mol. The molecule has 0 heteroatoms. The summed E-state index contributed by atoms with van der Waals surface area (Å²) in [6.07, 6.45) is 8.13. The molecule has 0 aromatic rings. The highest BCUT2D eigenvalue weighted by molar-refractivity contribution is 5.11. The van der Waals surface area contributed by atoms with E-state index in [1.54, 1.807) is 5.57 Å². The molecule has 0 aromatic carbocycles. The lowest BCUT2D eigenvalue weighted by Gasteiger charge is -2.31. The Morgan fingerprint density at radius 1 is 1.27 bits per heavy atom. The first kappa shape index (κ1) is 7.39.